The summed E-state index contributed by atoms with van der Waals surface area (Å²) in [5, 5.41) is 0. The van der Waals surface area contributed by atoms with Crippen LogP contribution in [0.3, 0.4) is 0 Å². The molecule has 0 aliphatic rings. The van der Waals surface area contributed by atoms with Crippen LogP contribution in [0.4, 0.5) is 0 Å². The number of benzene rings is 2. The predicted molar refractivity (Wildman–Crippen MR) is 76.5 cm³/mol. The summed E-state index contributed by atoms with van der Waals surface area (Å²) in [5.74, 6) is 0.126. The molecular weight excluding hydrogens is 264 g/mol. The maximum atomic E-state index is 12.1. The summed E-state index contributed by atoms with van der Waals surface area (Å²) < 4.78 is 24.1. The van der Waals surface area contributed by atoms with Gasteiger partial charge >= 0.3 is 0 Å². The van der Waals surface area contributed by atoms with Crippen molar-refractivity contribution >= 4 is 22.5 Å². The van der Waals surface area contributed by atoms with E-state index in [1.165, 1.54) is 0 Å². The highest BCUT2D eigenvalue weighted by Gasteiger charge is 2.12. The van der Waals surface area contributed by atoms with E-state index in [2.05, 4.69) is 12.6 Å². The third kappa shape index (κ3) is 3.89. The van der Waals surface area contributed by atoms with Crippen LogP contribution in [-0.4, -0.2) is 8.42 Å². The molecule has 2 rings (SSSR count). The molecule has 0 atom stereocenters. The quantitative estimate of drug-likeness (QED) is 0.872. The highest BCUT2D eigenvalue weighted by atomic mass is 32.2. The maximum absolute atomic E-state index is 12.1. The van der Waals surface area contributed by atoms with Gasteiger partial charge in [-0.1, -0.05) is 42.5 Å². The molecular formula is C14H14O2S2. The van der Waals surface area contributed by atoms with Gasteiger partial charge in [0.1, 0.15) is 0 Å². The largest absolute Gasteiger partial charge is 0.228 e. The van der Waals surface area contributed by atoms with Gasteiger partial charge < -0.3 is 0 Å². The summed E-state index contributed by atoms with van der Waals surface area (Å²) in [4.78, 5) is 0.780. The molecule has 0 spiro atoms. The minimum Gasteiger partial charge on any atom is -0.228 e. The molecule has 94 valence electrons. The Hall–Kier alpha value is -1.26. The van der Waals surface area contributed by atoms with Crippen LogP contribution in [0.15, 0.2) is 59.5 Å². The van der Waals surface area contributed by atoms with Crippen molar-refractivity contribution in [3.8, 4) is 0 Å². The van der Waals surface area contributed by atoms with Gasteiger partial charge in [-0.3, -0.25) is 0 Å². The molecule has 0 aliphatic carbocycles. The number of thiol groups is 1. The Bertz CT molecular complexity index is 619. The second-order valence-electron chi connectivity index (χ2n) is 4.19. The fraction of sp³-hybridized carbons (Fsp3) is 0.143. The second-order valence-corrected chi connectivity index (χ2v) is 6.77. The van der Waals surface area contributed by atoms with E-state index in [-0.39, 0.29) is 11.5 Å². The number of sulfone groups is 1. The van der Waals surface area contributed by atoms with Gasteiger partial charge in [-0.15, -0.1) is 12.6 Å². The lowest BCUT2D eigenvalue weighted by Crippen LogP contribution is -2.07. The minimum atomic E-state index is -3.14. The lowest BCUT2D eigenvalue weighted by molar-refractivity contribution is 0.594. The molecule has 2 aromatic carbocycles. The van der Waals surface area contributed by atoms with Crippen molar-refractivity contribution in [2.24, 2.45) is 0 Å². The van der Waals surface area contributed by atoms with Gasteiger partial charge in [-0.05, 0) is 23.3 Å². The van der Waals surface area contributed by atoms with E-state index in [1.54, 1.807) is 6.07 Å². The Morgan fingerprint density at radius 3 is 2.11 bits per heavy atom. The average Bonchev–Trinajstić information content (AvgIpc) is 2.28. The molecule has 0 saturated carbocycles. The zero-order valence-corrected chi connectivity index (χ0v) is 11.5. The molecule has 2 aromatic rings. The Kier molecular flexibility index (Phi) is 4.09. The molecule has 0 N–H and O–H groups in total. The summed E-state index contributed by atoms with van der Waals surface area (Å²) in [6.45, 7) is 0. The van der Waals surface area contributed by atoms with Crippen LogP contribution in [0.25, 0.3) is 0 Å². The van der Waals surface area contributed by atoms with Crippen LogP contribution in [0.1, 0.15) is 11.1 Å². The summed E-state index contributed by atoms with van der Waals surface area (Å²) in [6.07, 6.45) is 0. The van der Waals surface area contributed by atoms with E-state index in [0.717, 1.165) is 16.0 Å². The maximum Gasteiger partial charge on any atom is 0.158 e. The molecule has 0 amide bonds. The lowest BCUT2D eigenvalue weighted by atomic mass is 10.2. The van der Waals surface area contributed by atoms with Gasteiger partial charge in [0, 0.05) is 4.90 Å². The highest BCUT2D eigenvalue weighted by Crippen LogP contribution is 2.15. The van der Waals surface area contributed by atoms with Crippen LogP contribution in [0.5, 0.6) is 0 Å². The fourth-order valence-electron chi connectivity index (χ4n) is 1.78. The SMILES string of the molecule is O=S(=O)(Cc1ccccc1)Cc1cccc(S)c1. The minimum absolute atomic E-state index is 0.0519. The fourth-order valence-corrected chi connectivity index (χ4v) is 3.52. The summed E-state index contributed by atoms with van der Waals surface area (Å²) >= 11 is 4.21. The normalized spacial score (nSPS) is 11.4. The molecule has 0 radical (unpaired) electrons. The van der Waals surface area contributed by atoms with Crippen LogP contribution < -0.4 is 0 Å². The lowest BCUT2D eigenvalue weighted by Gasteiger charge is -2.05. The number of rotatable bonds is 4. The van der Waals surface area contributed by atoms with Gasteiger partial charge in [-0.2, -0.15) is 0 Å². The van der Waals surface area contributed by atoms with Crippen LogP contribution in [0.2, 0.25) is 0 Å². The van der Waals surface area contributed by atoms with E-state index in [4.69, 9.17) is 0 Å². The van der Waals surface area contributed by atoms with Crippen molar-refractivity contribution in [1.29, 1.82) is 0 Å². The van der Waals surface area contributed by atoms with E-state index < -0.39 is 9.84 Å². The number of hydrogen-bond donors (Lipinski definition) is 1. The Labute approximate surface area is 113 Å². The van der Waals surface area contributed by atoms with Gasteiger partial charge in [0.25, 0.3) is 0 Å². The molecule has 18 heavy (non-hydrogen) atoms. The molecule has 2 nitrogen and oxygen atoms in total. The van der Waals surface area contributed by atoms with Crippen molar-refractivity contribution in [3.05, 3.63) is 65.7 Å². The molecule has 0 bridgehead atoms. The molecule has 0 saturated heterocycles. The molecule has 0 heterocycles. The summed E-state index contributed by atoms with van der Waals surface area (Å²) in [6, 6.07) is 16.5. The highest BCUT2D eigenvalue weighted by molar-refractivity contribution is 7.89. The first-order chi connectivity index (χ1) is 8.55. The van der Waals surface area contributed by atoms with Gasteiger partial charge in [0.2, 0.25) is 0 Å². The molecule has 4 heteroatoms. The Morgan fingerprint density at radius 1 is 0.833 bits per heavy atom. The topological polar surface area (TPSA) is 34.1 Å². The van der Waals surface area contributed by atoms with Crippen molar-refractivity contribution in [2.75, 3.05) is 0 Å². The zero-order valence-electron chi connectivity index (χ0n) is 9.78. The monoisotopic (exact) mass is 278 g/mol. The third-order valence-electron chi connectivity index (χ3n) is 2.53. The predicted octanol–water partition coefficient (Wildman–Crippen LogP) is 3.09. The number of hydrogen-bond acceptors (Lipinski definition) is 3. The smallest absolute Gasteiger partial charge is 0.158 e. The molecule has 0 fully saturated rings. The van der Waals surface area contributed by atoms with E-state index >= 15 is 0 Å². The van der Waals surface area contributed by atoms with E-state index in [0.29, 0.717) is 0 Å². The summed E-state index contributed by atoms with van der Waals surface area (Å²) in [5.41, 5.74) is 1.60. The first kappa shape index (κ1) is 13.2. The van der Waals surface area contributed by atoms with Crippen molar-refractivity contribution < 1.29 is 8.42 Å². The van der Waals surface area contributed by atoms with Crippen molar-refractivity contribution in [1.82, 2.24) is 0 Å². The van der Waals surface area contributed by atoms with Gasteiger partial charge in [0.05, 0.1) is 11.5 Å². The molecule has 0 aliphatic heterocycles. The van der Waals surface area contributed by atoms with E-state index in [1.807, 2.05) is 48.5 Å². The van der Waals surface area contributed by atoms with Crippen LogP contribution in [0, 0.1) is 0 Å². The zero-order chi connectivity index (χ0) is 13.0. The van der Waals surface area contributed by atoms with E-state index in [9.17, 15) is 8.42 Å². The van der Waals surface area contributed by atoms with Crippen LogP contribution in [-0.2, 0) is 21.3 Å². The average molecular weight is 278 g/mol. The van der Waals surface area contributed by atoms with Gasteiger partial charge in [0.15, 0.2) is 9.84 Å². The summed E-state index contributed by atoms with van der Waals surface area (Å²) in [7, 11) is -3.14. The first-order valence-electron chi connectivity index (χ1n) is 5.57. The standard InChI is InChI=1S/C14H14O2S2/c15-18(16,10-12-5-2-1-3-6-12)11-13-7-4-8-14(17)9-13/h1-9,17H,10-11H2. The first-order valence-corrected chi connectivity index (χ1v) is 7.84. The second kappa shape index (κ2) is 5.59. The van der Waals surface area contributed by atoms with Gasteiger partial charge in [-0.25, -0.2) is 8.42 Å². The van der Waals surface area contributed by atoms with Crippen molar-refractivity contribution in [2.45, 2.75) is 16.4 Å². The molecule has 0 aromatic heterocycles. The molecule has 0 unspecified atom stereocenters. The Morgan fingerprint density at radius 2 is 1.44 bits per heavy atom. The Balaban J connectivity index is 2.13. The third-order valence-corrected chi connectivity index (χ3v) is 4.35. The van der Waals surface area contributed by atoms with Crippen LogP contribution >= 0.6 is 12.6 Å². The van der Waals surface area contributed by atoms with Crippen molar-refractivity contribution in [3.63, 3.8) is 0 Å².